The van der Waals surface area contributed by atoms with E-state index in [1.54, 1.807) is 12.1 Å². The number of hydrogen-bond acceptors (Lipinski definition) is 5. The van der Waals surface area contributed by atoms with Gasteiger partial charge in [-0.2, -0.15) is 0 Å². The van der Waals surface area contributed by atoms with Crippen LogP contribution in [0.25, 0.3) is 0 Å². The van der Waals surface area contributed by atoms with Crippen LogP contribution in [0.3, 0.4) is 0 Å². The van der Waals surface area contributed by atoms with Gasteiger partial charge in [0.25, 0.3) is 5.91 Å². The first-order valence-electron chi connectivity index (χ1n) is 12.6. The van der Waals surface area contributed by atoms with E-state index in [0.717, 1.165) is 17.5 Å². The molecule has 0 aliphatic heterocycles. The summed E-state index contributed by atoms with van der Waals surface area (Å²) in [4.78, 5) is 15.1. The first-order valence-corrected chi connectivity index (χ1v) is 13.0. The van der Waals surface area contributed by atoms with E-state index in [0.29, 0.717) is 47.8 Å². The highest BCUT2D eigenvalue weighted by atomic mass is 35.5. The fraction of sp³-hybridized carbons (Fsp3) is 0.367. The number of aliphatic hydroxyl groups is 2. The maximum Gasteiger partial charge on any atom is 0.253 e. The predicted octanol–water partition coefficient (Wildman–Crippen LogP) is 4.89. The maximum absolute atomic E-state index is 13.2. The average Bonchev–Trinajstić information content (AvgIpc) is 2.88. The molecule has 0 unspecified atom stereocenters. The molecule has 198 valence electrons. The van der Waals surface area contributed by atoms with Gasteiger partial charge < -0.3 is 25.5 Å². The van der Waals surface area contributed by atoms with Crippen molar-refractivity contribution >= 4 is 17.5 Å². The minimum absolute atomic E-state index is 0.00604. The summed E-state index contributed by atoms with van der Waals surface area (Å²) in [7, 11) is 0. The van der Waals surface area contributed by atoms with E-state index >= 15 is 0 Å². The third-order valence-corrected chi connectivity index (χ3v) is 6.76. The van der Waals surface area contributed by atoms with Crippen LogP contribution < -0.4 is 5.32 Å². The summed E-state index contributed by atoms with van der Waals surface area (Å²) in [5, 5.41) is 33.8. The second-order valence-electron chi connectivity index (χ2n) is 9.97. The number of nitrogens with zero attached hydrogens (tertiary/aromatic N) is 1. The zero-order valence-electron chi connectivity index (χ0n) is 21.7. The van der Waals surface area contributed by atoms with Crippen LogP contribution in [0.15, 0.2) is 66.7 Å². The van der Waals surface area contributed by atoms with Gasteiger partial charge in [0.2, 0.25) is 0 Å². The fourth-order valence-corrected chi connectivity index (χ4v) is 4.44. The first-order chi connectivity index (χ1) is 17.6. The Kier molecular flexibility index (Phi) is 10.1. The number of aliphatic hydroxyl groups excluding tert-OH is 2. The largest absolute Gasteiger partial charge is 0.508 e. The van der Waals surface area contributed by atoms with Crippen molar-refractivity contribution in [1.29, 1.82) is 0 Å². The van der Waals surface area contributed by atoms with Gasteiger partial charge >= 0.3 is 0 Å². The lowest BCUT2D eigenvalue weighted by Gasteiger charge is -2.28. The molecular weight excluding hydrogens is 488 g/mol. The Labute approximate surface area is 224 Å². The highest BCUT2D eigenvalue weighted by Crippen LogP contribution is 2.23. The Morgan fingerprint density at radius 1 is 1.05 bits per heavy atom. The number of halogens is 1. The van der Waals surface area contributed by atoms with E-state index in [-0.39, 0.29) is 23.8 Å². The number of benzene rings is 3. The van der Waals surface area contributed by atoms with Crippen LogP contribution in [0.2, 0.25) is 5.02 Å². The number of amides is 1. The smallest absolute Gasteiger partial charge is 0.253 e. The van der Waals surface area contributed by atoms with E-state index in [1.807, 2.05) is 60.4 Å². The normalized spacial score (nSPS) is 12.4. The van der Waals surface area contributed by atoms with Gasteiger partial charge in [-0.3, -0.25) is 4.79 Å². The van der Waals surface area contributed by atoms with Gasteiger partial charge in [0.05, 0.1) is 12.7 Å². The van der Waals surface area contributed by atoms with Crippen LogP contribution in [0, 0.1) is 0 Å². The molecule has 6 nitrogen and oxygen atoms in total. The molecule has 7 heteroatoms. The van der Waals surface area contributed by atoms with E-state index < -0.39 is 6.10 Å². The molecular formula is C30H37ClN2O4. The number of carbonyl (C=O) groups is 1. The number of rotatable bonds is 12. The quantitative estimate of drug-likeness (QED) is 0.271. The topological polar surface area (TPSA) is 93.0 Å². The molecule has 1 amide bonds. The van der Waals surface area contributed by atoms with E-state index in [9.17, 15) is 20.1 Å². The SMILES string of the molecule is CCN(CCc1ccc(Cl)cc1)C(=O)c1cccc(CC(C)(C)NC[C@H](O)c2ccc(O)c(CO)c2)c1. The zero-order chi connectivity index (χ0) is 27.0. The number of phenols is 1. The number of nitrogens with one attached hydrogen (secondary N) is 1. The minimum Gasteiger partial charge on any atom is -0.508 e. The lowest BCUT2D eigenvalue weighted by Crippen LogP contribution is -2.43. The highest BCUT2D eigenvalue weighted by molar-refractivity contribution is 6.30. The van der Waals surface area contributed by atoms with Gasteiger partial charge in [-0.1, -0.05) is 41.9 Å². The predicted molar refractivity (Wildman–Crippen MR) is 148 cm³/mol. The standard InChI is InChI=1S/C30H37ClN2O4/c1-4-33(15-14-21-8-11-26(31)12-9-21)29(37)24-7-5-6-22(16-24)18-30(2,3)32-19-28(36)23-10-13-27(35)25(17-23)20-34/h5-13,16-17,28,32,34-36H,4,14-15,18-20H2,1-3H3/t28-/m0/s1. The molecule has 1 atom stereocenters. The van der Waals surface area contributed by atoms with Crippen LogP contribution in [0.4, 0.5) is 0 Å². The van der Waals surface area contributed by atoms with Gasteiger partial charge in [0, 0.05) is 41.3 Å². The van der Waals surface area contributed by atoms with Crippen molar-refractivity contribution in [2.45, 2.75) is 51.9 Å². The Morgan fingerprint density at radius 2 is 1.78 bits per heavy atom. The van der Waals surface area contributed by atoms with Crippen LogP contribution in [-0.2, 0) is 19.4 Å². The van der Waals surface area contributed by atoms with Crippen molar-refractivity contribution in [3.8, 4) is 5.75 Å². The molecule has 0 saturated heterocycles. The van der Waals surface area contributed by atoms with Crippen LogP contribution in [-0.4, -0.2) is 51.3 Å². The van der Waals surface area contributed by atoms with Gasteiger partial charge in [0.15, 0.2) is 0 Å². The molecule has 0 radical (unpaired) electrons. The summed E-state index contributed by atoms with van der Waals surface area (Å²) >= 11 is 5.97. The van der Waals surface area contributed by atoms with Gasteiger partial charge in [-0.25, -0.2) is 0 Å². The van der Waals surface area contributed by atoms with Crippen LogP contribution >= 0.6 is 11.6 Å². The van der Waals surface area contributed by atoms with Gasteiger partial charge in [0.1, 0.15) is 5.75 Å². The van der Waals surface area contributed by atoms with Crippen molar-refractivity contribution in [3.63, 3.8) is 0 Å². The summed E-state index contributed by atoms with van der Waals surface area (Å²) in [5.41, 5.74) is 3.48. The number of aromatic hydroxyl groups is 1. The molecule has 4 N–H and O–H groups in total. The second-order valence-corrected chi connectivity index (χ2v) is 10.4. The van der Waals surface area contributed by atoms with Crippen LogP contribution in [0.5, 0.6) is 5.75 Å². The van der Waals surface area contributed by atoms with E-state index in [2.05, 4.69) is 19.2 Å². The Morgan fingerprint density at radius 3 is 2.46 bits per heavy atom. The summed E-state index contributed by atoms with van der Waals surface area (Å²) in [6.45, 7) is 7.34. The molecule has 3 aromatic rings. The molecule has 0 spiro atoms. The Hall–Kier alpha value is -2.90. The number of β-amino-alcohol motifs (C(OH)–C–C–N with tert-alkyl or cyclic N) is 1. The van der Waals surface area contributed by atoms with E-state index in [4.69, 9.17) is 11.6 Å². The maximum atomic E-state index is 13.2. The lowest BCUT2D eigenvalue weighted by molar-refractivity contribution is 0.0766. The summed E-state index contributed by atoms with van der Waals surface area (Å²) in [6.07, 6.45) is 0.628. The zero-order valence-corrected chi connectivity index (χ0v) is 22.5. The molecule has 0 fully saturated rings. The highest BCUT2D eigenvalue weighted by Gasteiger charge is 2.22. The van der Waals surface area contributed by atoms with Crippen molar-refractivity contribution in [2.75, 3.05) is 19.6 Å². The van der Waals surface area contributed by atoms with Crippen molar-refractivity contribution < 1.29 is 20.1 Å². The second kappa shape index (κ2) is 13.1. The molecule has 3 rings (SSSR count). The monoisotopic (exact) mass is 524 g/mol. The average molecular weight is 525 g/mol. The minimum atomic E-state index is -0.795. The molecule has 0 aliphatic rings. The molecule has 0 heterocycles. The van der Waals surface area contributed by atoms with E-state index in [1.165, 1.54) is 6.07 Å². The van der Waals surface area contributed by atoms with Crippen LogP contribution in [0.1, 0.15) is 59.5 Å². The molecule has 0 bridgehead atoms. The number of likely N-dealkylation sites (N-methyl/N-ethyl adjacent to an activating group) is 1. The first kappa shape index (κ1) is 28.7. The third kappa shape index (κ3) is 8.30. The number of carbonyl (C=O) groups excluding carboxylic acids is 1. The van der Waals surface area contributed by atoms with Crippen molar-refractivity contribution in [2.24, 2.45) is 0 Å². The summed E-state index contributed by atoms with van der Waals surface area (Å²) < 4.78 is 0. The van der Waals surface area contributed by atoms with Crippen molar-refractivity contribution in [1.82, 2.24) is 10.2 Å². The molecule has 0 aromatic heterocycles. The molecule has 0 aliphatic carbocycles. The van der Waals surface area contributed by atoms with Crippen molar-refractivity contribution in [3.05, 3.63) is 99.6 Å². The Balaban J connectivity index is 1.60. The van der Waals surface area contributed by atoms with Gasteiger partial charge in [-0.05, 0) is 86.7 Å². The summed E-state index contributed by atoms with van der Waals surface area (Å²) in [5.74, 6) is 0.0132. The third-order valence-electron chi connectivity index (χ3n) is 6.51. The fourth-order valence-electron chi connectivity index (χ4n) is 4.32. The molecule has 0 saturated carbocycles. The lowest BCUT2D eigenvalue weighted by atomic mass is 9.93. The van der Waals surface area contributed by atoms with Gasteiger partial charge in [-0.15, -0.1) is 0 Å². The summed E-state index contributed by atoms with van der Waals surface area (Å²) in [6, 6.07) is 20.2. The molecule has 3 aromatic carbocycles. The Bertz CT molecular complexity index is 1180. The number of hydrogen-bond donors (Lipinski definition) is 4. The molecule has 37 heavy (non-hydrogen) atoms.